The SMILES string of the molecule is Cc1cc(Nc2ccc(F)c(CC3(C(=O)O)CCN(C(C)c4ccccc4C(F)(F)F)CC3)n2)n[nH]1. The molecular formula is C25H27F4N5O2. The van der Waals surface area contributed by atoms with Gasteiger partial charge >= 0.3 is 12.1 Å². The van der Waals surface area contributed by atoms with E-state index in [2.05, 4.69) is 20.5 Å². The molecule has 7 nitrogen and oxygen atoms in total. The monoisotopic (exact) mass is 505 g/mol. The van der Waals surface area contributed by atoms with E-state index >= 15 is 0 Å². The third-order valence-corrected chi connectivity index (χ3v) is 6.86. The number of alkyl halides is 3. The summed E-state index contributed by atoms with van der Waals surface area (Å²) in [5, 5.41) is 19.9. The van der Waals surface area contributed by atoms with Gasteiger partial charge in [-0.1, -0.05) is 18.2 Å². The van der Waals surface area contributed by atoms with E-state index in [1.807, 2.05) is 11.8 Å². The van der Waals surface area contributed by atoms with Crippen molar-refractivity contribution in [3.63, 3.8) is 0 Å². The molecule has 1 aliphatic heterocycles. The highest BCUT2D eigenvalue weighted by atomic mass is 19.4. The highest BCUT2D eigenvalue weighted by molar-refractivity contribution is 5.75. The topological polar surface area (TPSA) is 94.1 Å². The van der Waals surface area contributed by atoms with Crippen LogP contribution >= 0.6 is 0 Å². The van der Waals surface area contributed by atoms with Gasteiger partial charge in [-0.3, -0.25) is 14.8 Å². The number of hydrogen-bond donors (Lipinski definition) is 3. The molecule has 0 amide bonds. The van der Waals surface area contributed by atoms with Crippen molar-refractivity contribution in [2.24, 2.45) is 5.41 Å². The van der Waals surface area contributed by atoms with Crippen molar-refractivity contribution in [1.29, 1.82) is 0 Å². The second-order valence-corrected chi connectivity index (χ2v) is 9.25. The van der Waals surface area contributed by atoms with E-state index in [0.29, 0.717) is 11.6 Å². The number of aromatic nitrogens is 3. The average molecular weight is 506 g/mol. The predicted molar refractivity (Wildman–Crippen MR) is 125 cm³/mol. The van der Waals surface area contributed by atoms with Gasteiger partial charge in [-0.25, -0.2) is 9.37 Å². The Morgan fingerprint density at radius 2 is 1.89 bits per heavy atom. The molecule has 1 atom stereocenters. The molecule has 3 aromatic rings. The summed E-state index contributed by atoms with van der Waals surface area (Å²) in [6.45, 7) is 4.02. The number of halogens is 4. The van der Waals surface area contributed by atoms with Gasteiger partial charge in [0.15, 0.2) is 5.82 Å². The average Bonchev–Trinajstić information content (AvgIpc) is 3.25. The smallest absolute Gasteiger partial charge is 0.416 e. The lowest BCUT2D eigenvalue weighted by atomic mass is 9.74. The third-order valence-electron chi connectivity index (χ3n) is 6.86. The first-order valence-corrected chi connectivity index (χ1v) is 11.6. The number of benzene rings is 1. The summed E-state index contributed by atoms with van der Waals surface area (Å²) in [6, 6.07) is 9.27. The van der Waals surface area contributed by atoms with Crippen LogP contribution < -0.4 is 5.32 Å². The summed E-state index contributed by atoms with van der Waals surface area (Å²) < 4.78 is 55.2. The Hall–Kier alpha value is -3.47. The van der Waals surface area contributed by atoms with Crippen molar-refractivity contribution in [2.45, 2.75) is 45.3 Å². The number of aryl methyl sites for hydroxylation is 1. The van der Waals surface area contributed by atoms with E-state index in [0.717, 1.165) is 11.8 Å². The molecule has 0 spiro atoms. The molecule has 36 heavy (non-hydrogen) atoms. The number of rotatable bonds is 7. The van der Waals surface area contributed by atoms with Crippen molar-refractivity contribution in [1.82, 2.24) is 20.1 Å². The number of carboxylic acids is 1. The molecule has 1 aliphatic rings. The first-order chi connectivity index (χ1) is 17.0. The van der Waals surface area contributed by atoms with Crippen LogP contribution in [0.15, 0.2) is 42.5 Å². The fourth-order valence-corrected chi connectivity index (χ4v) is 4.73. The second kappa shape index (κ2) is 9.88. The van der Waals surface area contributed by atoms with Crippen molar-refractivity contribution in [2.75, 3.05) is 18.4 Å². The van der Waals surface area contributed by atoms with Crippen LogP contribution in [-0.2, 0) is 17.4 Å². The maximum atomic E-state index is 14.7. The van der Waals surface area contributed by atoms with Gasteiger partial charge in [0.25, 0.3) is 0 Å². The number of aliphatic carboxylic acids is 1. The van der Waals surface area contributed by atoms with Crippen LogP contribution in [0.1, 0.15) is 48.3 Å². The van der Waals surface area contributed by atoms with E-state index in [4.69, 9.17) is 0 Å². The number of hydrogen-bond acceptors (Lipinski definition) is 5. The number of nitrogens with zero attached hydrogens (tertiary/aromatic N) is 3. The minimum absolute atomic E-state index is 0.0126. The van der Waals surface area contributed by atoms with Gasteiger partial charge in [-0.15, -0.1) is 0 Å². The highest BCUT2D eigenvalue weighted by Gasteiger charge is 2.44. The highest BCUT2D eigenvalue weighted by Crippen LogP contribution is 2.41. The molecule has 1 aromatic carbocycles. The summed E-state index contributed by atoms with van der Waals surface area (Å²) >= 11 is 0. The summed E-state index contributed by atoms with van der Waals surface area (Å²) in [5.41, 5.74) is -1.000. The largest absolute Gasteiger partial charge is 0.481 e. The number of pyridine rings is 1. The lowest BCUT2D eigenvalue weighted by Crippen LogP contribution is -2.46. The van der Waals surface area contributed by atoms with Crippen LogP contribution in [0.25, 0.3) is 0 Å². The molecule has 0 radical (unpaired) electrons. The fourth-order valence-electron chi connectivity index (χ4n) is 4.73. The van der Waals surface area contributed by atoms with Crippen molar-refractivity contribution in [3.05, 3.63) is 70.8 Å². The molecule has 1 fully saturated rings. The predicted octanol–water partition coefficient (Wildman–Crippen LogP) is 5.49. The summed E-state index contributed by atoms with van der Waals surface area (Å²) in [4.78, 5) is 18.5. The number of nitrogens with one attached hydrogen (secondary N) is 2. The quantitative estimate of drug-likeness (QED) is 0.368. The molecule has 2 aromatic heterocycles. The van der Waals surface area contributed by atoms with Crippen LogP contribution in [0.4, 0.5) is 29.2 Å². The second-order valence-electron chi connectivity index (χ2n) is 9.25. The zero-order valence-corrected chi connectivity index (χ0v) is 19.9. The van der Waals surface area contributed by atoms with Crippen LogP contribution in [0, 0.1) is 18.2 Å². The number of piperidine rings is 1. The van der Waals surface area contributed by atoms with E-state index in [1.165, 1.54) is 24.3 Å². The van der Waals surface area contributed by atoms with Gasteiger partial charge in [0, 0.05) is 24.2 Å². The number of anilines is 2. The normalized spacial score (nSPS) is 17.1. The molecule has 0 aliphatic carbocycles. The minimum atomic E-state index is -4.48. The van der Waals surface area contributed by atoms with Crippen LogP contribution in [0.2, 0.25) is 0 Å². The zero-order chi connectivity index (χ0) is 26.1. The Morgan fingerprint density at radius 1 is 1.19 bits per heavy atom. The van der Waals surface area contributed by atoms with Crippen LogP contribution in [-0.4, -0.2) is 44.2 Å². The van der Waals surface area contributed by atoms with Crippen LogP contribution in [0.5, 0.6) is 0 Å². The van der Waals surface area contributed by atoms with Gasteiger partial charge in [0.05, 0.1) is 16.7 Å². The van der Waals surface area contributed by atoms with Gasteiger partial charge in [-0.2, -0.15) is 18.3 Å². The molecular weight excluding hydrogens is 478 g/mol. The molecule has 4 rings (SSSR count). The van der Waals surface area contributed by atoms with Gasteiger partial charge in [-0.05, 0) is 63.5 Å². The fraction of sp³-hybridized carbons (Fsp3) is 0.400. The molecule has 11 heteroatoms. The Kier molecular flexibility index (Phi) is 7.03. The van der Waals surface area contributed by atoms with Crippen molar-refractivity contribution >= 4 is 17.6 Å². The standard InChI is InChI=1S/C25H27F4N5O2/c1-15-13-22(33-32-15)31-21-8-7-19(26)20(30-21)14-24(23(35)36)9-11-34(12-10-24)16(2)17-5-3-4-6-18(17)25(27,28)29/h3-8,13,16H,9-12,14H2,1-2H3,(H,35,36)(H2,30,31,32,33). The molecule has 192 valence electrons. The van der Waals surface area contributed by atoms with Crippen LogP contribution in [0.3, 0.4) is 0 Å². The number of likely N-dealkylation sites (tertiary alicyclic amines) is 1. The van der Waals surface area contributed by atoms with Gasteiger partial charge in [0.2, 0.25) is 0 Å². The molecule has 1 unspecified atom stereocenters. The first kappa shape index (κ1) is 25.6. The Labute approximate surface area is 205 Å². The first-order valence-electron chi connectivity index (χ1n) is 11.6. The van der Waals surface area contributed by atoms with Gasteiger partial charge in [0.1, 0.15) is 11.6 Å². The van der Waals surface area contributed by atoms with Crippen molar-refractivity contribution in [3.8, 4) is 0 Å². The number of carbonyl (C=O) groups is 1. The lowest BCUT2D eigenvalue weighted by molar-refractivity contribution is -0.152. The molecule has 3 heterocycles. The molecule has 0 saturated carbocycles. The Morgan fingerprint density at radius 3 is 2.50 bits per heavy atom. The summed E-state index contributed by atoms with van der Waals surface area (Å²) in [5.74, 6) is -0.873. The molecule has 3 N–H and O–H groups in total. The number of aromatic amines is 1. The maximum absolute atomic E-state index is 14.7. The molecule has 1 saturated heterocycles. The van der Waals surface area contributed by atoms with E-state index < -0.39 is 35.0 Å². The van der Waals surface area contributed by atoms with Crippen molar-refractivity contribution < 1.29 is 27.5 Å². The lowest BCUT2D eigenvalue weighted by Gasteiger charge is -2.41. The Bertz CT molecular complexity index is 1240. The number of carboxylic acid groups (broad SMARTS) is 1. The molecule has 0 bridgehead atoms. The third kappa shape index (κ3) is 5.35. The van der Waals surface area contributed by atoms with E-state index in [9.17, 15) is 27.5 Å². The maximum Gasteiger partial charge on any atom is 0.416 e. The minimum Gasteiger partial charge on any atom is -0.481 e. The summed E-state index contributed by atoms with van der Waals surface area (Å²) in [6.07, 6.45) is -4.32. The number of H-pyrrole nitrogens is 1. The van der Waals surface area contributed by atoms with E-state index in [-0.39, 0.29) is 43.6 Å². The Balaban J connectivity index is 1.51. The van der Waals surface area contributed by atoms with E-state index in [1.54, 1.807) is 19.1 Å². The van der Waals surface area contributed by atoms with Gasteiger partial charge < -0.3 is 10.4 Å². The summed E-state index contributed by atoms with van der Waals surface area (Å²) in [7, 11) is 0. The zero-order valence-electron chi connectivity index (χ0n) is 19.9.